The third-order valence-electron chi connectivity index (χ3n) is 4.56. The second-order valence-electron chi connectivity index (χ2n) is 7.12. The third-order valence-corrected chi connectivity index (χ3v) is 4.56. The van der Waals surface area contributed by atoms with Gasteiger partial charge >= 0.3 is 5.97 Å². The van der Waals surface area contributed by atoms with Crippen molar-refractivity contribution in [2.75, 3.05) is 30.5 Å². The average molecular weight is 473 g/mol. The van der Waals surface area contributed by atoms with Crippen LogP contribution in [0.15, 0.2) is 72.8 Å². The van der Waals surface area contributed by atoms with Gasteiger partial charge in [-0.1, -0.05) is 0 Å². The molecule has 2 amide bonds. The van der Waals surface area contributed by atoms with Crippen molar-refractivity contribution in [1.29, 1.82) is 5.26 Å². The Morgan fingerprint density at radius 1 is 0.771 bits per heavy atom. The summed E-state index contributed by atoms with van der Waals surface area (Å²) < 4.78 is 15.5. The number of amides is 2. The Morgan fingerprint density at radius 3 is 1.97 bits per heavy atom. The van der Waals surface area contributed by atoms with Crippen molar-refractivity contribution in [2.45, 2.75) is 6.92 Å². The quantitative estimate of drug-likeness (QED) is 0.429. The van der Waals surface area contributed by atoms with E-state index in [0.29, 0.717) is 34.9 Å². The zero-order valence-electron chi connectivity index (χ0n) is 18.9. The molecule has 0 heterocycles. The van der Waals surface area contributed by atoms with Gasteiger partial charge in [-0.25, -0.2) is 4.79 Å². The molecule has 0 saturated heterocycles. The van der Waals surface area contributed by atoms with E-state index in [1.54, 1.807) is 72.8 Å². The van der Waals surface area contributed by atoms with Crippen molar-refractivity contribution in [3.8, 4) is 17.6 Å². The minimum Gasteiger partial charge on any atom is -0.494 e. The van der Waals surface area contributed by atoms with Crippen molar-refractivity contribution in [3.63, 3.8) is 0 Å². The summed E-state index contributed by atoms with van der Waals surface area (Å²) in [7, 11) is 0. The maximum absolute atomic E-state index is 12.4. The van der Waals surface area contributed by atoms with Gasteiger partial charge in [-0.3, -0.25) is 9.59 Å². The van der Waals surface area contributed by atoms with Crippen molar-refractivity contribution in [1.82, 2.24) is 0 Å². The van der Waals surface area contributed by atoms with Crippen LogP contribution in [-0.4, -0.2) is 37.6 Å². The van der Waals surface area contributed by atoms with Crippen molar-refractivity contribution >= 4 is 29.2 Å². The van der Waals surface area contributed by atoms with Crippen molar-refractivity contribution in [2.24, 2.45) is 0 Å². The molecule has 9 nitrogen and oxygen atoms in total. The van der Waals surface area contributed by atoms with Crippen LogP contribution in [-0.2, 0) is 14.3 Å². The summed E-state index contributed by atoms with van der Waals surface area (Å²) >= 11 is 0. The van der Waals surface area contributed by atoms with Gasteiger partial charge in [0.1, 0.15) is 11.5 Å². The molecule has 0 unspecified atom stereocenters. The monoisotopic (exact) mass is 473 g/mol. The number of esters is 1. The molecule has 35 heavy (non-hydrogen) atoms. The Balaban J connectivity index is 1.41. The summed E-state index contributed by atoms with van der Waals surface area (Å²) in [6.45, 7) is 1.59. The Bertz CT molecular complexity index is 1200. The highest BCUT2D eigenvalue weighted by molar-refractivity contribution is 6.04. The van der Waals surface area contributed by atoms with Crippen LogP contribution in [0.25, 0.3) is 0 Å². The molecule has 9 heteroatoms. The van der Waals surface area contributed by atoms with Crippen molar-refractivity contribution in [3.05, 3.63) is 83.9 Å². The number of hydrogen-bond acceptors (Lipinski definition) is 7. The van der Waals surface area contributed by atoms with E-state index in [-0.39, 0.29) is 12.5 Å². The number of benzene rings is 3. The number of ether oxygens (including phenoxy) is 3. The van der Waals surface area contributed by atoms with E-state index in [4.69, 9.17) is 19.5 Å². The molecule has 0 bridgehead atoms. The second-order valence-corrected chi connectivity index (χ2v) is 7.12. The summed E-state index contributed by atoms with van der Waals surface area (Å²) in [4.78, 5) is 36.3. The number of nitrogens with zero attached hydrogens (tertiary/aromatic N) is 1. The lowest BCUT2D eigenvalue weighted by molar-refractivity contribution is -0.149. The van der Waals surface area contributed by atoms with Gasteiger partial charge in [0, 0.05) is 16.9 Å². The fraction of sp³-hybridized carbons (Fsp3) is 0.154. The van der Waals surface area contributed by atoms with Gasteiger partial charge in [0.25, 0.3) is 11.8 Å². The Kier molecular flexibility index (Phi) is 8.79. The average Bonchev–Trinajstić information content (AvgIpc) is 2.88. The molecule has 3 aromatic carbocycles. The first kappa shape index (κ1) is 24.8. The molecule has 0 spiro atoms. The summed E-state index contributed by atoms with van der Waals surface area (Å²) in [6, 6.07) is 21.5. The molecular weight excluding hydrogens is 450 g/mol. The Hall–Kier alpha value is -4.84. The van der Waals surface area contributed by atoms with Crippen LogP contribution in [0, 0.1) is 11.3 Å². The van der Waals surface area contributed by atoms with Crippen LogP contribution < -0.4 is 20.1 Å². The molecule has 2 N–H and O–H groups in total. The van der Waals surface area contributed by atoms with Gasteiger partial charge in [0.15, 0.2) is 13.2 Å². The molecule has 3 aromatic rings. The lowest BCUT2D eigenvalue weighted by atomic mass is 10.2. The summed E-state index contributed by atoms with van der Waals surface area (Å²) in [6.07, 6.45) is 0. The predicted octanol–water partition coefficient (Wildman–Crippen LogP) is 3.77. The van der Waals surface area contributed by atoms with Crippen molar-refractivity contribution < 1.29 is 28.6 Å². The van der Waals surface area contributed by atoms with E-state index in [9.17, 15) is 14.4 Å². The van der Waals surface area contributed by atoms with E-state index < -0.39 is 18.5 Å². The molecule has 0 radical (unpaired) electrons. The molecular formula is C26H23N3O6. The van der Waals surface area contributed by atoms with Gasteiger partial charge in [0.05, 0.1) is 18.2 Å². The second kappa shape index (κ2) is 12.4. The normalized spacial score (nSPS) is 9.94. The first-order chi connectivity index (χ1) is 17.0. The Labute approximate surface area is 202 Å². The van der Waals surface area contributed by atoms with E-state index in [1.807, 2.05) is 13.0 Å². The fourth-order valence-corrected chi connectivity index (χ4v) is 2.86. The van der Waals surface area contributed by atoms with Gasteiger partial charge < -0.3 is 24.8 Å². The highest BCUT2D eigenvalue weighted by atomic mass is 16.6. The summed E-state index contributed by atoms with van der Waals surface area (Å²) in [5, 5.41) is 14.1. The van der Waals surface area contributed by atoms with Crippen LogP contribution in [0.2, 0.25) is 0 Å². The number of carbonyl (C=O) groups is 3. The molecule has 0 fully saturated rings. The maximum Gasteiger partial charge on any atom is 0.344 e. The smallest absolute Gasteiger partial charge is 0.344 e. The van der Waals surface area contributed by atoms with Gasteiger partial charge in [-0.2, -0.15) is 5.26 Å². The highest BCUT2D eigenvalue weighted by Gasteiger charge is 2.11. The van der Waals surface area contributed by atoms with Crippen LogP contribution in [0.3, 0.4) is 0 Å². The van der Waals surface area contributed by atoms with Gasteiger partial charge in [0.2, 0.25) is 0 Å². The minimum absolute atomic E-state index is 0.303. The molecule has 3 rings (SSSR count). The number of hydrogen-bond donors (Lipinski definition) is 2. The van der Waals surface area contributed by atoms with E-state index in [2.05, 4.69) is 10.6 Å². The maximum atomic E-state index is 12.4. The lowest BCUT2D eigenvalue weighted by Gasteiger charge is -2.09. The van der Waals surface area contributed by atoms with Crippen LogP contribution >= 0.6 is 0 Å². The molecule has 0 aliphatic carbocycles. The van der Waals surface area contributed by atoms with E-state index in [0.717, 1.165) is 5.75 Å². The number of rotatable bonds is 10. The topological polar surface area (TPSA) is 127 Å². The number of nitrogens with one attached hydrogen (secondary N) is 2. The first-order valence-corrected chi connectivity index (χ1v) is 10.7. The summed E-state index contributed by atoms with van der Waals surface area (Å²) in [5.74, 6) is -0.440. The molecule has 0 aromatic heterocycles. The van der Waals surface area contributed by atoms with Gasteiger partial charge in [-0.05, 0) is 79.7 Å². The highest BCUT2D eigenvalue weighted by Crippen LogP contribution is 2.17. The molecule has 178 valence electrons. The fourth-order valence-electron chi connectivity index (χ4n) is 2.86. The Morgan fingerprint density at radius 2 is 1.34 bits per heavy atom. The van der Waals surface area contributed by atoms with E-state index in [1.165, 1.54) is 0 Å². The zero-order chi connectivity index (χ0) is 25.0. The third kappa shape index (κ3) is 7.91. The predicted molar refractivity (Wildman–Crippen MR) is 128 cm³/mol. The standard InChI is InChI=1S/C26H23N3O6/c1-2-33-22-13-9-21(10-14-22)29-26(32)19-5-7-20(8-6-19)28-24(30)16-35-25(31)17-34-23-11-3-18(15-27)4-12-23/h3-14H,2,16-17H2,1H3,(H,28,30)(H,29,32). The summed E-state index contributed by atoms with van der Waals surface area (Å²) in [5.41, 5.74) is 1.94. The molecule has 0 saturated carbocycles. The van der Waals surface area contributed by atoms with E-state index >= 15 is 0 Å². The van der Waals surface area contributed by atoms with Gasteiger partial charge in [-0.15, -0.1) is 0 Å². The van der Waals surface area contributed by atoms with Crippen LogP contribution in [0.4, 0.5) is 11.4 Å². The van der Waals surface area contributed by atoms with Crippen LogP contribution in [0.1, 0.15) is 22.8 Å². The zero-order valence-corrected chi connectivity index (χ0v) is 18.9. The number of nitriles is 1. The molecule has 0 aliphatic rings. The minimum atomic E-state index is -0.717. The van der Waals surface area contributed by atoms with Crippen LogP contribution in [0.5, 0.6) is 11.5 Å². The largest absolute Gasteiger partial charge is 0.494 e. The number of anilines is 2. The molecule has 0 atom stereocenters. The molecule has 0 aliphatic heterocycles. The lowest BCUT2D eigenvalue weighted by Crippen LogP contribution is -2.23. The number of carbonyl (C=O) groups excluding carboxylic acids is 3. The SMILES string of the molecule is CCOc1ccc(NC(=O)c2ccc(NC(=O)COC(=O)COc3ccc(C#N)cc3)cc2)cc1. The first-order valence-electron chi connectivity index (χ1n) is 10.7.